The molecule has 0 unspecified atom stereocenters. The van der Waals surface area contributed by atoms with Crippen molar-refractivity contribution in [2.75, 3.05) is 50.9 Å². The van der Waals surface area contributed by atoms with Crippen LogP contribution in [0, 0.1) is 0 Å². The maximum atomic E-state index is 11.4. The molecular formula is C15H27N7O2S. The summed E-state index contributed by atoms with van der Waals surface area (Å²) in [5, 5.41) is 3.26. The van der Waals surface area contributed by atoms with Crippen LogP contribution in [-0.4, -0.2) is 80.8 Å². The predicted octanol–water partition coefficient (Wildman–Crippen LogP) is -0.498. The Morgan fingerprint density at radius 2 is 1.84 bits per heavy atom. The first kappa shape index (κ1) is 19.4. The fourth-order valence-electron chi connectivity index (χ4n) is 2.74. The van der Waals surface area contributed by atoms with Gasteiger partial charge in [-0.2, -0.15) is 0 Å². The minimum absolute atomic E-state index is 0.439. The molecular weight excluding hydrogens is 342 g/mol. The molecule has 2 heterocycles. The van der Waals surface area contributed by atoms with Crippen molar-refractivity contribution in [3.05, 3.63) is 18.5 Å². The Morgan fingerprint density at radius 3 is 2.36 bits per heavy atom. The van der Waals surface area contributed by atoms with Gasteiger partial charge < -0.3 is 15.1 Å². The molecule has 2 rings (SSSR count). The van der Waals surface area contributed by atoms with E-state index in [0.29, 0.717) is 6.54 Å². The lowest BCUT2D eigenvalue weighted by Gasteiger charge is -2.37. The van der Waals surface area contributed by atoms with E-state index in [0.717, 1.165) is 44.3 Å². The second-order valence-electron chi connectivity index (χ2n) is 6.68. The zero-order valence-corrected chi connectivity index (χ0v) is 16.0. The Morgan fingerprint density at radius 1 is 1.24 bits per heavy atom. The third-order valence-electron chi connectivity index (χ3n) is 3.78. The van der Waals surface area contributed by atoms with Gasteiger partial charge in [-0.15, -0.1) is 0 Å². The van der Waals surface area contributed by atoms with Crippen molar-refractivity contribution in [3.8, 4) is 0 Å². The minimum Gasteiger partial charge on any atom is -0.354 e. The number of piperazine rings is 1. The highest BCUT2D eigenvalue weighted by atomic mass is 32.2. The molecule has 0 spiro atoms. The molecule has 140 valence electrons. The van der Waals surface area contributed by atoms with Crippen LogP contribution in [0.25, 0.3) is 0 Å². The van der Waals surface area contributed by atoms with E-state index in [1.807, 2.05) is 13.8 Å². The van der Waals surface area contributed by atoms with Crippen LogP contribution in [0.2, 0.25) is 0 Å². The number of hydrogen-bond donors (Lipinski definition) is 2. The molecule has 1 fully saturated rings. The summed E-state index contributed by atoms with van der Waals surface area (Å²) in [7, 11) is -1.54. The summed E-state index contributed by atoms with van der Waals surface area (Å²) >= 11 is 0. The highest BCUT2D eigenvalue weighted by Crippen LogP contribution is 2.10. The van der Waals surface area contributed by atoms with Gasteiger partial charge in [0.1, 0.15) is 0 Å². The Hall–Kier alpha value is -1.94. The number of nitrogens with one attached hydrogen (secondary N) is 2. The van der Waals surface area contributed by atoms with Crippen LogP contribution in [-0.2, 0) is 10.0 Å². The summed E-state index contributed by atoms with van der Waals surface area (Å²) in [6, 6.07) is 1.80. The normalized spacial score (nSPS) is 16.9. The van der Waals surface area contributed by atoms with Crippen LogP contribution < -0.4 is 14.9 Å². The van der Waals surface area contributed by atoms with Gasteiger partial charge in [0.15, 0.2) is 5.96 Å². The number of aliphatic imine (C=N–C) groups is 1. The summed E-state index contributed by atoms with van der Waals surface area (Å²) in [6.07, 6.45) is 4.65. The van der Waals surface area contributed by atoms with E-state index in [1.54, 1.807) is 25.5 Å². The highest BCUT2D eigenvalue weighted by Gasteiger charge is 2.25. The third-order valence-corrected chi connectivity index (χ3v) is 4.70. The Balaban J connectivity index is 1.88. The molecule has 0 radical (unpaired) electrons. The predicted molar refractivity (Wildman–Crippen MR) is 99.2 cm³/mol. The second kappa shape index (κ2) is 7.96. The van der Waals surface area contributed by atoms with Crippen LogP contribution in [0.3, 0.4) is 0 Å². The Labute approximate surface area is 149 Å². The largest absolute Gasteiger partial charge is 0.354 e. The van der Waals surface area contributed by atoms with Crippen molar-refractivity contribution in [2.24, 2.45) is 4.99 Å². The van der Waals surface area contributed by atoms with E-state index < -0.39 is 15.6 Å². The van der Waals surface area contributed by atoms with E-state index in [9.17, 15) is 8.42 Å². The minimum atomic E-state index is -3.26. The molecule has 1 aromatic heterocycles. The molecule has 1 aliphatic heterocycles. The quantitative estimate of drug-likeness (QED) is 0.533. The number of hydrogen-bond acceptors (Lipinski definition) is 6. The van der Waals surface area contributed by atoms with E-state index in [-0.39, 0.29) is 0 Å². The molecule has 0 atom stereocenters. The van der Waals surface area contributed by atoms with Crippen molar-refractivity contribution in [2.45, 2.75) is 19.4 Å². The maximum Gasteiger partial charge on any atom is 0.225 e. The standard InChI is InChI=1S/C15H27N7O2S/c1-15(2,20-25(4,23)24)12-19-13(16-3)21-8-10-22(11-9-21)14-17-6-5-7-18-14/h5-7,20H,8-12H2,1-4H3,(H,16,19). The van der Waals surface area contributed by atoms with Crippen molar-refractivity contribution >= 4 is 21.9 Å². The Bertz CT molecular complexity index is 683. The van der Waals surface area contributed by atoms with Gasteiger partial charge in [-0.25, -0.2) is 23.1 Å². The molecule has 0 bridgehead atoms. The molecule has 0 saturated carbocycles. The van der Waals surface area contributed by atoms with Gasteiger partial charge in [0, 0.05) is 57.7 Å². The van der Waals surface area contributed by atoms with Crippen LogP contribution in [0.1, 0.15) is 13.8 Å². The molecule has 0 amide bonds. The summed E-state index contributed by atoms with van der Waals surface area (Å²) < 4.78 is 25.5. The van der Waals surface area contributed by atoms with E-state index >= 15 is 0 Å². The van der Waals surface area contributed by atoms with Gasteiger partial charge in [0.05, 0.1) is 6.26 Å². The van der Waals surface area contributed by atoms with Gasteiger partial charge in [0.2, 0.25) is 16.0 Å². The van der Waals surface area contributed by atoms with Gasteiger partial charge in [-0.1, -0.05) is 0 Å². The SMILES string of the molecule is CN=C(NCC(C)(C)NS(C)(=O)=O)N1CCN(c2ncccn2)CC1. The zero-order valence-electron chi connectivity index (χ0n) is 15.2. The molecule has 1 saturated heterocycles. The first-order valence-electron chi connectivity index (χ1n) is 8.17. The smallest absolute Gasteiger partial charge is 0.225 e. The number of nitrogens with zero attached hydrogens (tertiary/aromatic N) is 5. The van der Waals surface area contributed by atoms with Crippen LogP contribution in [0.5, 0.6) is 0 Å². The summed E-state index contributed by atoms with van der Waals surface area (Å²) in [6.45, 7) is 7.29. The molecule has 1 aromatic rings. The third kappa shape index (κ3) is 6.13. The lowest BCUT2D eigenvalue weighted by Crippen LogP contribution is -2.57. The first-order valence-corrected chi connectivity index (χ1v) is 10.1. The average Bonchev–Trinajstić information content (AvgIpc) is 2.54. The summed E-state index contributed by atoms with van der Waals surface area (Å²) in [5.41, 5.74) is -0.608. The Kier molecular flexibility index (Phi) is 6.17. The summed E-state index contributed by atoms with van der Waals surface area (Å²) in [5.74, 6) is 1.50. The van der Waals surface area contributed by atoms with Crippen LogP contribution in [0.15, 0.2) is 23.5 Å². The summed E-state index contributed by atoms with van der Waals surface area (Å²) in [4.78, 5) is 17.2. The van der Waals surface area contributed by atoms with Crippen molar-refractivity contribution in [1.29, 1.82) is 0 Å². The van der Waals surface area contributed by atoms with Gasteiger partial charge >= 0.3 is 0 Å². The fraction of sp³-hybridized carbons (Fsp3) is 0.667. The molecule has 1 aliphatic rings. The number of rotatable bonds is 5. The van der Waals surface area contributed by atoms with Crippen LogP contribution in [0.4, 0.5) is 5.95 Å². The second-order valence-corrected chi connectivity index (χ2v) is 8.43. The highest BCUT2D eigenvalue weighted by molar-refractivity contribution is 7.88. The first-order chi connectivity index (χ1) is 11.7. The molecule has 0 aromatic carbocycles. The molecule has 9 nitrogen and oxygen atoms in total. The molecule has 0 aliphatic carbocycles. The zero-order chi connectivity index (χ0) is 18.5. The number of anilines is 1. The average molecular weight is 369 g/mol. The maximum absolute atomic E-state index is 11.4. The van der Waals surface area contributed by atoms with Crippen molar-refractivity contribution in [1.82, 2.24) is 24.9 Å². The molecule has 2 N–H and O–H groups in total. The monoisotopic (exact) mass is 369 g/mol. The molecule has 10 heteroatoms. The van der Waals surface area contributed by atoms with Gasteiger partial charge in [-0.05, 0) is 19.9 Å². The lowest BCUT2D eigenvalue weighted by molar-refractivity contribution is 0.361. The van der Waals surface area contributed by atoms with Gasteiger partial charge in [-0.3, -0.25) is 4.99 Å². The number of aromatic nitrogens is 2. The topological polar surface area (TPSA) is 103 Å². The van der Waals surface area contributed by atoms with E-state index in [1.165, 1.54) is 0 Å². The number of sulfonamides is 1. The molecule has 25 heavy (non-hydrogen) atoms. The van der Waals surface area contributed by atoms with Gasteiger partial charge in [0.25, 0.3) is 0 Å². The van der Waals surface area contributed by atoms with E-state index in [2.05, 4.69) is 34.8 Å². The van der Waals surface area contributed by atoms with E-state index in [4.69, 9.17) is 0 Å². The lowest BCUT2D eigenvalue weighted by atomic mass is 10.1. The van der Waals surface area contributed by atoms with Crippen molar-refractivity contribution < 1.29 is 8.42 Å². The van der Waals surface area contributed by atoms with Crippen LogP contribution >= 0.6 is 0 Å². The fourth-order valence-corrected chi connectivity index (χ4v) is 3.82. The van der Waals surface area contributed by atoms with Crippen molar-refractivity contribution in [3.63, 3.8) is 0 Å². The number of guanidine groups is 1.